The van der Waals surface area contributed by atoms with Crippen molar-refractivity contribution in [3.63, 3.8) is 0 Å². The third kappa shape index (κ3) is 4.23. The lowest BCUT2D eigenvalue weighted by atomic mass is 10.1. The van der Waals surface area contributed by atoms with Crippen LogP contribution < -0.4 is 10.5 Å². The van der Waals surface area contributed by atoms with Gasteiger partial charge >= 0.3 is 5.69 Å². The molecule has 0 aromatic heterocycles. The zero-order valence-electron chi connectivity index (χ0n) is 10.4. The van der Waals surface area contributed by atoms with Gasteiger partial charge in [0.25, 0.3) is 0 Å². The van der Waals surface area contributed by atoms with Crippen molar-refractivity contribution in [2.75, 3.05) is 6.54 Å². The van der Waals surface area contributed by atoms with Crippen LogP contribution in [0.25, 0.3) is 0 Å². The number of hydrogen-bond acceptors (Lipinski definition) is 5. The Morgan fingerprint density at radius 1 is 1.47 bits per heavy atom. The summed E-state index contributed by atoms with van der Waals surface area (Å²) in [6.45, 7) is 3.17. The van der Waals surface area contributed by atoms with Gasteiger partial charge in [-0.15, -0.1) is 0 Å². The molecule has 0 aliphatic heterocycles. The van der Waals surface area contributed by atoms with Crippen molar-refractivity contribution in [1.82, 2.24) is 4.72 Å². The molecule has 0 saturated carbocycles. The lowest BCUT2D eigenvalue weighted by Gasteiger charge is -2.18. The maximum Gasteiger partial charge on any atom is 0.306 e. The minimum absolute atomic E-state index is 0.0551. The van der Waals surface area contributed by atoms with Gasteiger partial charge in [-0.2, -0.15) is 4.39 Å². The number of hydrogen-bond donors (Lipinski definition) is 2. The molecule has 0 amide bonds. The van der Waals surface area contributed by atoms with Crippen LogP contribution in [0.3, 0.4) is 0 Å². The molecule has 0 saturated heterocycles. The van der Waals surface area contributed by atoms with E-state index in [1.54, 1.807) is 13.8 Å². The van der Waals surface area contributed by atoms with Gasteiger partial charge in [-0.25, -0.2) is 13.1 Å². The first-order valence-electron chi connectivity index (χ1n) is 5.25. The van der Waals surface area contributed by atoms with Crippen LogP contribution in [-0.2, 0) is 10.0 Å². The molecule has 0 bridgehead atoms. The maximum absolute atomic E-state index is 13.1. The molecule has 0 atom stereocenters. The van der Waals surface area contributed by atoms with E-state index in [1.165, 1.54) is 0 Å². The van der Waals surface area contributed by atoms with E-state index in [9.17, 15) is 22.9 Å². The predicted octanol–water partition coefficient (Wildman–Crippen LogP) is 0.750. The summed E-state index contributed by atoms with van der Waals surface area (Å²) < 4.78 is 39.0. The zero-order valence-corrected chi connectivity index (χ0v) is 11.2. The molecule has 0 spiro atoms. The lowest BCUT2D eigenvalue weighted by Crippen LogP contribution is -2.45. The molecule has 7 nitrogen and oxygen atoms in total. The molecule has 0 radical (unpaired) electrons. The number of halogens is 1. The number of nitro groups is 1. The Labute approximate surface area is 109 Å². The van der Waals surface area contributed by atoms with Gasteiger partial charge in [0.1, 0.15) is 0 Å². The average molecular weight is 291 g/mol. The minimum atomic E-state index is -3.97. The van der Waals surface area contributed by atoms with E-state index >= 15 is 0 Å². The Morgan fingerprint density at radius 2 is 2.05 bits per heavy atom. The molecule has 0 aliphatic rings. The van der Waals surface area contributed by atoms with Crippen molar-refractivity contribution >= 4 is 15.7 Å². The van der Waals surface area contributed by atoms with E-state index < -0.39 is 32.0 Å². The summed E-state index contributed by atoms with van der Waals surface area (Å²) in [6.07, 6.45) is 0. The Bertz CT molecular complexity index is 595. The maximum atomic E-state index is 13.1. The second-order valence-corrected chi connectivity index (χ2v) is 6.45. The Kier molecular flexibility index (Phi) is 4.23. The van der Waals surface area contributed by atoms with Gasteiger partial charge in [0.15, 0.2) is 0 Å². The number of nitrogens with zero attached hydrogens (tertiary/aromatic N) is 1. The predicted molar refractivity (Wildman–Crippen MR) is 66.5 cm³/mol. The highest BCUT2D eigenvalue weighted by Crippen LogP contribution is 2.21. The first kappa shape index (κ1) is 15.5. The van der Waals surface area contributed by atoms with E-state index in [0.29, 0.717) is 6.07 Å². The minimum Gasteiger partial charge on any atom is -0.324 e. The van der Waals surface area contributed by atoms with Crippen LogP contribution in [0.5, 0.6) is 0 Å². The van der Waals surface area contributed by atoms with Gasteiger partial charge < -0.3 is 5.73 Å². The lowest BCUT2D eigenvalue weighted by molar-refractivity contribution is -0.387. The van der Waals surface area contributed by atoms with Gasteiger partial charge in [-0.05, 0) is 26.0 Å². The fourth-order valence-electron chi connectivity index (χ4n) is 1.16. The molecule has 0 unspecified atom stereocenters. The highest BCUT2D eigenvalue weighted by Gasteiger charge is 2.23. The molecule has 3 N–H and O–H groups in total. The highest BCUT2D eigenvalue weighted by molar-refractivity contribution is 7.89. The van der Waals surface area contributed by atoms with Crippen LogP contribution >= 0.6 is 0 Å². The average Bonchev–Trinajstić information content (AvgIpc) is 2.25. The van der Waals surface area contributed by atoms with Crippen LogP contribution in [0.1, 0.15) is 13.8 Å². The molecule has 19 heavy (non-hydrogen) atoms. The van der Waals surface area contributed by atoms with Crippen LogP contribution in [0.2, 0.25) is 0 Å². The van der Waals surface area contributed by atoms with Crippen molar-refractivity contribution in [2.45, 2.75) is 24.3 Å². The summed E-state index contributed by atoms with van der Waals surface area (Å²) in [5, 5.41) is 10.5. The fraction of sp³-hybridized carbons (Fsp3) is 0.400. The first-order valence-corrected chi connectivity index (χ1v) is 6.74. The van der Waals surface area contributed by atoms with Crippen LogP contribution in [-0.4, -0.2) is 25.4 Å². The number of rotatable bonds is 5. The molecular weight excluding hydrogens is 277 g/mol. The topological polar surface area (TPSA) is 115 Å². The monoisotopic (exact) mass is 291 g/mol. The molecular formula is C10H14FN3O4S. The van der Waals surface area contributed by atoms with E-state index in [-0.39, 0.29) is 11.4 Å². The smallest absolute Gasteiger partial charge is 0.306 e. The van der Waals surface area contributed by atoms with Crippen molar-refractivity contribution in [3.05, 3.63) is 34.1 Å². The number of nitro benzene ring substituents is 1. The summed E-state index contributed by atoms with van der Waals surface area (Å²) in [5.41, 5.74) is 3.96. The Hall–Kier alpha value is -1.58. The Morgan fingerprint density at radius 3 is 2.53 bits per heavy atom. The third-order valence-electron chi connectivity index (χ3n) is 2.14. The van der Waals surface area contributed by atoms with Crippen LogP contribution in [0.4, 0.5) is 10.1 Å². The molecule has 0 heterocycles. The molecule has 9 heteroatoms. The molecule has 1 aromatic carbocycles. The number of benzene rings is 1. The number of nitrogens with two attached hydrogens (primary N) is 1. The zero-order chi connectivity index (χ0) is 14.8. The highest BCUT2D eigenvalue weighted by atomic mass is 32.2. The normalized spacial score (nSPS) is 12.4. The standard InChI is InChI=1S/C10H14FN3O4S/c1-10(2,12)6-13-19(17,18)7-3-4-8(11)9(5-7)14(15)16/h3-5,13H,6,12H2,1-2H3. The van der Waals surface area contributed by atoms with Gasteiger partial charge in [-0.1, -0.05) is 0 Å². The van der Waals surface area contributed by atoms with E-state index in [1.807, 2.05) is 0 Å². The summed E-state index contributed by atoms with van der Waals surface area (Å²) in [5.74, 6) is -1.09. The summed E-state index contributed by atoms with van der Waals surface area (Å²) in [6, 6.07) is 2.36. The quantitative estimate of drug-likeness (QED) is 0.613. The number of nitrogens with one attached hydrogen (secondary N) is 1. The summed E-state index contributed by atoms with van der Waals surface area (Å²) in [7, 11) is -3.97. The van der Waals surface area contributed by atoms with E-state index in [2.05, 4.69) is 4.72 Å². The van der Waals surface area contributed by atoms with E-state index in [0.717, 1.165) is 12.1 Å². The van der Waals surface area contributed by atoms with E-state index in [4.69, 9.17) is 5.73 Å². The fourth-order valence-corrected chi connectivity index (χ4v) is 2.41. The molecule has 106 valence electrons. The van der Waals surface area contributed by atoms with Crippen LogP contribution in [0, 0.1) is 15.9 Å². The van der Waals surface area contributed by atoms with Crippen molar-refractivity contribution in [2.24, 2.45) is 5.73 Å². The largest absolute Gasteiger partial charge is 0.324 e. The van der Waals surface area contributed by atoms with Gasteiger partial charge in [0.05, 0.1) is 9.82 Å². The molecule has 0 aliphatic carbocycles. The summed E-state index contributed by atoms with van der Waals surface area (Å²) in [4.78, 5) is 9.18. The molecule has 0 fully saturated rings. The van der Waals surface area contributed by atoms with Crippen molar-refractivity contribution in [3.8, 4) is 0 Å². The third-order valence-corrected chi connectivity index (χ3v) is 3.54. The molecule has 1 rings (SSSR count). The van der Waals surface area contributed by atoms with Crippen molar-refractivity contribution < 1.29 is 17.7 Å². The summed E-state index contributed by atoms with van der Waals surface area (Å²) >= 11 is 0. The Balaban J connectivity index is 3.09. The second kappa shape index (κ2) is 5.19. The first-order chi connectivity index (χ1) is 8.53. The SMILES string of the molecule is CC(C)(N)CNS(=O)(=O)c1ccc(F)c([N+](=O)[O-])c1. The molecule has 1 aromatic rings. The van der Waals surface area contributed by atoms with Gasteiger partial charge in [-0.3, -0.25) is 10.1 Å². The van der Waals surface area contributed by atoms with Crippen molar-refractivity contribution in [1.29, 1.82) is 0 Å². The number of sulfonamides is 1. The second-order valence-electron chi connectivity index (χ2n) is 4.68. The van der Waals surface area contributed by atoms with Gasteiger partial charge in [0.2, 0.25) is 15.8 Å². The van der Waals surface area contributed by atoms with Crippen LogP contribution in [0.15, 0.2) is 23.1 Å². The van der Waals surface area contributed by atoms with Gasteiger partial charge in [0, 0.05) is 18.2 Å².